The molecule has 140 valence electrons. The van der Waals surface area contributed by atoms with E-state index in [4.69, 9.17) is 11.6 Å². The number of benzene rings is 2. The lowest BCUT2D eigenvalue weighted by Crippen LogP contribution is -2.31. The average Bonchev–Trinajstić information content (AvgIpc) is 2.96. The Balaban J connectivity index is 1.65. The molecular formula is C22H23ClN2O2. The first kappa shape index (κ1) is 19.2. The number of carbonyl (C=O) groups is 2. The van der Waals surface area contributed by atoms with Gasteiger partial charge in [-0.15, -0.1) is 0 Å². The van der Waals surface area contributed by atoms with Crippen molar-refractivity contribution in [2.24, 2.45) is 0 Å². The van der Waals surface area contributed by atoms with Gasteiger partial charge in [-0.2, -0.15) is 0 Å². The van der Waals surface area contributed by atoms with Crippen molar-refractivity contribution in [3.63, 3.8) is 0 Å². The minimum Gasteiger partial charge on any atom is -0.339 e. The van der Waals surface area contributed by atoms with Crippen molar-refractivity contribution in [2.75, 3.05) is 18.4 Å². The van der Waals surface area contributed by atoms with E-state index in [-0.39, 0.29) is 11.8 Å². The maximum Gasteiger partial charge on any atom is 0.253 e. The molecular weight excluding hydrogens is 360 g/mol. The minimum absolute atomic E-state index is 0.0274. The van der Waals surface area contributed by atoms with Crippen molar-refractivity contribution in [3.05, 3.63) is 70.8 Å². The number of rotatable bonds is 4. The zero-order chi connectivity index (χ0) is 19.1. The summed E-state index contributed by atoms with van der Waals surface area (Å²) in [7, 11) is 0. The SMILES string of the molecule is O=C(/C=C/c1ccccc1Cl)Nc1cccc(C(=O)N2CCCCCC2)c1. The summed E-state index contributed by atoms with van der Waals surface area (Å²) < 4.78 is 0. The van der Waals surface area contributed by atoms with E-state index in [9.17, 15) is 9.59 Å². The maximum absolute atomic E-state index is 12.7. The molecule has 0 bridgehead atoms. The number of carbonyl (C=O) groups excluding carboxylic acids is 2. The Morgan fingerprint density at radius 1 is 0.963 bits per heavy atom. The van der Waals surface area contributed by atoms with Crippen LogP contribution in [0.2, 0.25) is 5.02 Å². The van der Waals surface area contributed by atoms with Crippen LogP contribution in [-0.2, 0) is 4.79 Å². The predicted molar refractivity (Wildman–Crippen MR) is 110 cm³/mol. The Kier molecular flexibility index (Phi) is 6.66. The molecule has 3 rings (SSSR count). The largest absolute Gasteiger partial charge is 0.339 e. The number of nitrogens with one attached hydrogen (secondary N) is 1. The molecule has 0 spiro atoms. The third-order valence-electron chi connectivity index (χ3n) is 4.59. The number of nitrogens with zero attached hydrogens (tertiary/aromatic N) is 1. The molecule has 1 saturated heterocycles. The maximum atomic E-state index is 12.7. The van der Waals surface area contributed by atoms with E-state index in [2.05, 4.69) is 5.32 Å². The summed E-state index contributed by atoms with van der Waals surface area (Å²) in [4.78, 5) is 26.8. The van der Waals surface area contributed by atoms with Gasteiger partial charge in [-0.25, -0.2) is 0 Å². The van der Waals surface area contributed by atoms with E-state index < -0.39 is 0 Å². The third-order valence-corrected chi connectivity index (χ3v) is 4.93. The van der Waals surface area contributed by atoms with E-state index in [0.29, 0.717) is 16.3 Å². The van der Waals surface area contributed by atoms with E-state index in [1.807, 2.05) is 23.1 Å². The summed E-state index contributed by atoms with van der Waals surface area (Å²) in [6.07, 6.45) is 7.56. The first-order valence-corrected chi connectivity index (χ1v) is 9.64. The van der Waals surface area contributed by atoms with Crippen LogP contribution in [0.15, 0.2) is 54.6 Å². The Morgan fingerprint density at radius 3 is 2.44 bits per heavy atom. The highest BCUT2D eigenvalue weighted by molar-refractivity contribution is 6.32. The summed E-state index contributed by atoms with van der Waals surface area (Å²) in [6.45, 7) is 1.60. The first-order valence-electron chi connectivity index (χ1n) is 9.26. The monoisotopic (exact) mass is 382 g/mol. The normalized spacial score (nSPS) is 14.8. The van der Waals surface area contributed by atoms with Gasteiger partial charge in [-0.05, 0) is 48.7 Å². The number of hydrogen-bond donors (Lipinski definition) is 1. The lowest BCUT2D eigenvalue weighted by atomic mass is 10.1. The molecule has 4 nitrogen and oxygen atoms in total. The minimum atomic E-state index is -0.269. The van der Waals surface area contributed by atoms with Gasteiger partial charge in [0, 0.05) is 35.4 Å². The second-order valence-electron chi connectivity index (χ2n) is 6.63. The van der Waals surface area contributed by atoms with Gasteiger partial charge in [-0.1, -0.05) is 48.7 Å². The molecule has 2 aromatic carbocycles. The highest BCUT2D eigenvalue weighted by atomic mass is 35.5. The molecule has 0 unspecified atom stereocenters. The van der Waals surface area contributed by atoms with Gasteiger partial charge in [0.1, 0.15) is 0 Å². The van der Waals surface area contributed by atoms with Crippen LogP contribution in [-0.4, -0.2) is 29.8 Å². The van der Waals surface area contributed by atoms with Crippen LogP contribution in [0, 0.1) is 0 Å². The van der Waals surface area contributed by atoms with Gasteiger partial charge in [0.25, 0.3) is 5.91 Å². The fourth-order valence-electron chi connectivity index (χ4n) is 3.15. The van der Waals surface area contributed by atoms with Gasteiger partial charge < -0.3 is 10.2 Å². The summed E-state index contributed by atoms with van der Waals surface area (Å²) in [5.74, 6) is -0.242. The molecule has 0 saturated carbocycles. The fourth-order valence-corrected chi connectivity index (χ4v) is 3.34. The van der Waals surface area contributed by atoms with Crippen LogP contribution in [0.25, 0.3) is 6.08 Å². The van der Waals surface area contributed by atoms with Crippen molar-refractivity contribution < 1.29 is 9.59 Å². The van der Waals surface area contributed by atoms with E-state index in [1.165, 1.54) is 18.9 Å². The lowest BCUT2D eigenvalue weighted by molar-refractivity contribution is -0.111. The van der Waals surface area contributed by atoms with Gasteiger partial charge in [-0.3, -0.25) is 9.59 Å². The highest BCUT2D eigenvalue weighted by Crippen LogP contribution is 2.18. The second kappa shape index (κ2) is 9.38. The van der Waals surface area contributed by atoms with E-state index >= 15 is 0 Å². The molecule has 1 aliphatic heterocycles. The quantitative estimate of drug-likeness (QED) is 0.756. The van der Waals surface area contributed by atoms with E-state index in [0.717, 1.165) is 31.5 Å². The molecule has 0 radical (unpaired) electrons. The Morgan fingerprint density at radius 2 is 1.70 bits per heavy atom. The topological polar surface area (TPSA) is 49.4 Å². The molecule has 1 heterocycles. The van der Waals surface area contributed by atoms with Crippen molar-refractivity contribution in [2.45, 2.75) is 25.7 Å². The molecule has 27 heavy (non-hydrogen) atoms. The van der Waals surface area contributed by atoms with Crippen molar-refractivity contribution in [1.82, 2.24) is 4.90 Å². The Labute approximate surface area is 164 Å². The molecule has 2 amide bonds. The van der Waals surface area contributed by atoms with Crippen molar-refractivity contribution >= 4 is 35.2 Å². The molecule has 1 N–H and O–H groups in total. The smallest absolute Gasteiger partial charge is 0.253 e. The van der Waals surface area contributed by atoms with Crippen molar-refractivity contribution in [3.8, 4) is 0 Å². The van der Waals surface area contributed by atoms with Gasteiger partial charge in [0.2, 0.25) is 5.91 Å². The van der Waals surface area contributed by atoms with Crippen molar-refractivity contribution in [1.29, 1.82) is 0 Å². The number of likely N-dealkylation sites (tertiary alicyclic amines) is 1. The van der Waals surface area contributed by atoms with Crippen LogP contribution >= 0.6 is 11.6 Å². The first-order chi connectivity index (χ1) is 13.1. The predicted octanol–water partition coefficient (Wildman–Crippen LogP) is 5.01. The van der Waals surface area contributed by atoms with Crippen LogP contribution < -0.4 is 5.32 Å². The van der Waals surface area contributed by atoms with Gasteiger partial charge >= 0.3 is 0 Å². The van der Waals surface area contributed by atoms with Gasteiger partial charge in [0.15, 0.2) is 0 Å². The van der Waals surface area contributed by atoms with Gasteiger partial charge in [0.05, 0.1) is 0 Å². The average molecular weight is 383 g/mol. The molecule has 2 aromatic rings. The Hall–Kier alpha value is -2.59. The lowest BCUT2D eigenvalue weighted by Gasteiger charge is -2.20. The molecule has 0 aliphatic carbocycles. The molecule has 0 atom stereocenters. The van der Waals surface area contributed by atoms with Crippen LogP contribution in [0.1, 0.15) is 41.6 Å². The van der Waals surface area contributed by atoms with Crippen LogP contribution in [0.5, 0.6) is 0 Å². The zero-order valence-corrected chi connectivity index (χ0v) is 15.9. The Bertz CT molecular complexity index is 840. The standard InChI is InChI=1S/C22H23ClN2O2/c23-20-11-4-3-8-17(20)12-13-21(26)24-19-10-7-9-18(16-19)22(27)25-14-5-1-2-6-15-25/h3-4,7-13,16H,1-2,5-6,14-15H2,(H,24,26)/b13-12+. The summed E-state index contributed by atoms with van der Waals surface area (Å²) in [5, 5.41) is 3.39. The van der Waals surface area contributed by atoms with Crippen LogP contribution in [0.3, 0.4) is 0 Å². The van der Waals surface area contributed by atoms with E-state index in [1.54, 1.807) is 36.4 Å². The highest BCUT2D eigenvalue weighted by Gasteiger charge is 2.17. The van der Waals surface area contributed by atoms with Crippen LogP contribution in [0.4, 0.5) is 5.69 Å². The molecule has 1 aliphatic rings. The second-order valence-corrected chi connectivity index (χ2v) is 7.04. The third kappa shape index (κ3) is 5.44. The molecule has 5 heteroatoms. The summed E-state index contributed by atoms with van der Waals surface area (Å²) in [5.41, 5.74) is 1.98. The summed E-state index contributed by atoms with van der Waals surface area (Å²) >= 11 is 6.08. The number of hydrogen-bond acceptors (Lipinski definition) is 2. The fraction of sp³-hybridized carbons (Fsp3) is 0.273. The molecule has 0 aromatic heterocycles. The zero-order valence-electron chi connectivity index (χ0n) is 15.2. The number of halogens is 1. The summed E-state index contributed by atoms with van der Waals surface area (Å²) in [6, 6.07) is 14.4. The molecule has 1 fully saturated rings. The number of anilines is 1. The number of amides is 2.